The Balaban J connectivity index is 1.92. The maximum Gasteiger partial charge on any atom is 0.396 e. The molecular weight excluding hydrogens is 335 g/mol. The first-order chi connectivity index (χ1) is 10.8. The minimum Gasteiger partial charge on any atom is -0.396 e. The molecule has 9 heteroatoms. The zero-order chi connectivity index (χ0) is 16.7. The lowest BCUT2D eigenvalue weighted by molar-refractivity contribution is -0.226. The average Bonchev–Trinajstić information content (AvgIpc) is 3.04. The number of hydrogen-bond donors (Lipinski definition) is 2. The van der Waals surface area contributed by atoms with Crippen molar-refractivity contribution in [2.45, 2.75) is 43.2 Å². The Kier molecular flexibility index (Phi) is 4.61. The molecule has 0 radical (unpaired) electrons. The zero-order valence-corrected chi connectivity index (χ0v) is 13.1. The molecule has 2 saturated heterocycles. The highest BCUT2D eigenvalue weighted by molar-refractivity contribution is 6.30. The largest absolute Gasteiger partial charge is 0.396 e. The third-order valence-electron chi connectivity index (χ3n) is 4.78. The first-order valence-corrected chi connectivity index (χ1v) is 7.98. The number of aromatic nitrogens is 2. The maximum absolute atomic E-state index is 13.3. The van der Waals surface area contributed by atoms with Crippen LogP contribution in [0.4, 0.5) is 13.2 Å². The van der Waals surface area contributed by atoms with Gasteiger partial charge in [-0.25, -0.2) is 0 Å². The Morgan fingerprint density at radius 2 is 2.17 bits per heavy atom. The van der Waals surface area contributed by atoms with Crippen molar-refractivity contribution in [1.82, 2.24) is 15.1 Å². The van der Waals surface area contributed by atoms with E-state index < -0.39 is 36.4 Å². The molecule has 0 bridgehead atoms. The number of hydrogen-bond acceptors (Lipinski definition) is 4. The first-order valence-electron chi connectivity index (χ1n) is 7.60. The van der Waals surface area contributed by atoms with Gasteiger partial charge in [0.25, 0.3) is 0 Å². The molecule has 0 aliphatic carbocycles. The van der Waals surface area contributed by atoms with Crippen molar-refractivity contribution < 1.29 is 23.0 Å². The number of nitrogens with zero attached hydrogens (tertiary/aromatic N) is 2. The molecule has 23 heavy (non-hydrogen) atoms. The third-order valence-corrected chi connectivity index (χ3v) is 4.98. The van der Waals surface area contributed by atoms with E-state index >= 15 is 0 Å². The summed E-state index contributed by atoms with van der Waals surface area (Å²) < 4.78 is 47.3. The van der Waals surface area contributed by atoms with Gasteiger partial charge < -0.3 is 15.2 Å². The van der Waals surface area contributed by atoms with Crippen LogP contribution in [-0.2, 0) is 4.74 Å². The fourth-order valence-corrected chi connectivity index (χ4v) is 3.74. The highest BCUT2D eigenvalue weighted by Gasteiger charge is 2.56. The summed E-state index contributed by atoms with van der Waals surface area (Å²) in [5.74, 6) is -1.94. The van der Waals surface area contributed by atoms with E-state index in [-0.39, 0.29) is 0 Å². The van der Waals surface area contributed by atoms with Crippen LogP contribution in [-0.4, -0.2) is 52.5 Å². The van der Waals surface area contributed by atoms with Gasteiger partial charge in [0.2, 0.25) is 0 Å². The number of rotatable bonds is 3. The average molecular weight is 354 g/mol. The minimum absolute atomic E-state index is 0.363. The monoisotopic (exact) mass is 353 g/mol. The highest BCUT2D eigenvalue weighted by Crippen LogP contribution is 2.48. The first kappa shape index (κ1) is 17.0. The Morgan fingerprint density at radius 3 is 2.70 bits per heavy atom. The van der Waals surface area contributed by atoms with Gasteiger partial charge in [0.15, 0.2) is 0 Å². The molecule has 2 aliphatic rings. The van der Waals surface area contributed by atoms with E-state index in [1.807, 2.05) is 0 Å². The summed E-state index contributed by atoms with van der Waals surface area (Å²) in [5.41, 5.74) is -0.600. The van der Waals surface area contributed by atoms with Crippen LogP contribution in [0.2, 0.25) is 5.02 Å². The molecule has 130 valence electrons. The van der Waals surface area contributed by atoms with Crippen LogP contribution < -0.4 is 5.32 Å². The third kappa shape index (κ3) is 3.35. The van der Waals surface area contributed by atoms with E-state index in [0.29, 0.717) is 37.4 Å². The minimum atomic E-state index is -4.53. The van der Waals surface area contributed by atoms with Gasteiger partial charge in [-0.15, -0.1) is 0 Å². The summed E-state index contributed by atoms with van der Waals surface area (Å²) >= 11 is 5.86. The number of piperidine rings is 1. The van der Waals surface area contributed by atoms with Crippen molar-refractivity contribution in [2.24, 2.45) is 5.92 Å². The molecule has 3 heterocycles. The number of nitrogens with one attached hydrogen (secondary N) is 1. The smallest absolute Gasteiger partial charge is 0.396 e. The van der Waals surface area contributed by atoms with Gasteiger partial charge in [-0.3, -0.25) is 4.68 Å². The maximum atomic E-state index is 13.3. The van der Waals surface area contributed by atoms with Crippen LogP contribution in [0.3, 0.4) is 0 Å². The van der Waals surface area contributed by atoms with Gasteiger partial charge in [0.1, 0.15) is 5.92 Å². The van der Waals surface area contributed by atoms with Crippen LogP contribution in [0, 0.1) is 5.92 Å². The standard InChI is InChI=1S/C14H19ClF3N3O2/c15-9-6-20-21(7-9)11-5-13(1-3-19-4-2-13)23-12(11)10(8-22)14(16,17)18/h6-7,10-12,19,22H,1-5,8H2/t10?,11?,12-/m1/s1. The van der Waals surface area contributed by atoms with Crippen molar-refractivity contribution in [3.8, 4) is 0 Å². The van der Waals surface area contributed by atoms with E-state index in [9.17, 15) is 18.3 Å². The topological polar surface area (TPSA) is 59.3 Å². The molecule has 2 aliphatic heterocycles. The van der Waals surface area contributed by atoms with Gasteiger partial charge in [0, 0.05) is 12.6 Å². The number of aliphatic hydroxyl groups excluding tert-OH is 1. The SMILES string of the molecule is OCC([C@H]1OC2(CCNCC2)CC1n1cc(Cl)cn1)C(F)(F)F. The molecule has 5 nitrogen and oxygen atoms in total. The second kappa shape index (κ2) is 6.23. The van der Waals surface area contributed by atoms with Crippen molar-refractivity contribution >= 4 is 11.6 Å². The summed E-state index contributed by atoms with van der Waals surface area (Å²) in [4.78, 5) is 0. The molecule has 2 unspecified atom stereocenters. The van der Waals surface area contributed by atoms with Crippen molar-refractivity contribution in [3.63, 3.8) is 0 Å². The number of ether oxygens (including phenoxy) is 1. The number of halogens is 4. The van der Waals surface area contributed by atoms with E-state index in [1.54, 1.807) is 0 Å². The fraction of sp³-hybridized carbons (Fsp3) is 0.786. The lowest BCUT2D eigenvalue weighted by Gasteiger charge is -2.34. The molecule has 1 spiro atoms. The van der Waals surface area contributed by atoms with Gasteiger partial charge in [0.05, 0.1) is 35.6 Å². The molecule has 2 fully saturated rings. The second-order valence-electron chi connectivity index (χ2n) is 6.26. The Bertz CT molecular complexity index is 546. The summed E-state index contributed by atoms with van der Waals surface area (Å²) in [6.07, 6.45) is -1.08. The summed E-state index contributed by atoms with van der Waals surface area (Å²) in [6, 6.07) is -0.598. The van der Waals surface area contributed by atoms with Crippen LogP contribution in [0.5, 0.6) is 0 Å². The van der Waals surface area contributed by atoms with Gasteiger partial charge in [-0.1, -0.05) is 11.6 Å². The van der Waals surface area contributed by atoms with Crippen LogP contribution in [0.1, 0.15) is 25.3 Å². The van der Waals surface area contributed by atoms with Crippen LogP contribution in [0.15, 0.2) is 12.4 Å². The lowest BCUT2D eigenvalue weighted by atomic mass is 9.86. The van der Waals surface area contributed by atoms with Crippen molar-refractivity contribution in [2.75, 3.05) is 19.7 Å². The fourth-order valence-electron chi connectivity index (χ4n) is 3.60. The van der Waals surface area contributed by atoms with Gasteiger partial charge >= 0.3 is 6.18 Å². The molecule has 1 aromatic rings. The number of aliphatic hydroxyl groups is 1. The van der Waals surface area contributed by atoms with Crippen LogP contribution in [0.25, 0.3) is 0 Å². The van der Waals surface area contributed by atoms with E-state index in [4.69, 9.17) is 16.3 Å². The molecular formula is C14H19ClF3N3O2. The Hall–Kier alpha value is -0.830. The lowest BCUT2D eigenvalue weighted by Crippen LogP contribution is -2.44. The van der Waals surface area contributed by atoms with Crippen molar-refractivity contribution in [1.29, 1.82) is 0 Å². The molecule has 3 atom stereocenters. The molecule has 0 amide bonds. The molecule has 0 aromatic carbocycles. The highest BCUT2D eigenvalue weighted by atomic mass is 35.5. The summed E-state index contributed by atoms with van der Waals surface area (Å²) in [6.45, 7) is 0.401. The predicted octanol–water partition coefficient (Wildman–Crippen LogP) is 2.16. The normalized spacial score (nSPS) is 29.1. The summed E-state index contributed by atoms with van der Waals surface area (Å²) in [7, 11) is 0. The van der Waals surface area contributed by atoms with E-state index in [2.05, 4.69) is 10.4 Å². The quantitative estimate of drug-likeness (QED) is 0.874. The van der Waals surface area contributed by atoms with Crippen LogP contribution >= 0.6 is 11.6 Å². The Labute approximate surface area is 136 Å². The summed E-state index contributed by atoms with van der Waals surface area (Å²) in [5, 5.41) is 16.9. The van der Waals surface area contributed by atoms with Gasteiger partial charge in [-0.05, 0) is 25.9 Å². The van der Waals surface area contributed by atoms with Gasteiger partial charge in [-0.2, -0.15) is 18.3 Å². The number of alkyl halides is 3. The zero-order valence-electron chi connectivity index (χ0n) is 12.4. The van der Waals surface area contributed by atoms with E-state index in [1.165, 1.54) is 17.1 Å². The molecule has 2 N–H and O–H groups in total. The molecule has 3 rings (SSSR count). The molecule has 0 saturated carbocycles. The second-order valence-corrected chi connectivity index (χ2v) is 6.69. The Morgan fingerprint density at radius 1 is 1.48 bits per heavy atom. The predicted molar refractivity (Wildman–Crippen MR) is 77.2 cm³/mol. The van der Waals surface area contributed by atoms with E-state index in [0.717, 1.165) is 0 Å². The molecule has 1 aromatic heterocycles. The van der Waals surface area contributed by atoms with Crippen molar-refractivity contribution in [3.05, 3.63) is 17.4 Å².